The maximum atomic E-state index is 13.1. The van der Waals surface area contributed by atoms with Crippen molar-refractivity contribution in [3.63, 3.8) is 0 Å². The molecule has 2 rings (SSSR count). The molecular weight excluding hydrogens is 235 g/mol. The van der Waals surface area contributed by atoms with E-state index >= 15 is 0 Å². The zero-order valence-electron chi connectivity index (χ0n) is 9.48. The third-order valence-corrected chi connectivity index (χ3v) is 3.49. The highest BCUT2D eigenvalue weighted by molar-refractivity contribution is 7.98. The summed E-state index contributed by atoms with van der Waals surface area (Å²) in [5, 5.41) is 0. The van der Waals surface area contributed by atoms with E-state index in [0.29, 0.717) is 5.82 Å². The van der Waals surface area contributed by atoms with Gasteiger partial charge in [-0.2, -0.15) is 0 Å². The number of hydrogen-bond acceptors (Lipinski definition) is 3. The maximum absolute atomic E-state index is 13.1. The molecule has 2 aromatic rings. The molecule has 0 fully saturated rings. The van der Waals surface area contributed by atoms with E-state index in [2.05, 4.69) is 4.98 Å². The molecule has 1 heterocycles. The zero-order chi connectivity index (χ0) is 12.3. The number of rotatable bonds is 3. The molecule has 0 amide bonds. The number of thioether (sulfide) groups is 1. The average molecular weight is 248 g/mol. The van der Waals surface area contributed by atoms with Crippen molar-refractivity contribution in [2.45, 2.75) is 17.6 Å². The van der Waals surface area contributed by atoms with Gasteiger partial charge in [0, 0.05) is 16.8 Å². The second-order valence-corrected chi connectivity index (χ2v) is 4.83. The monoisotopic (exact) mass is 248 g/mol. The molecule has 1 aromatic heterocycles. The zero-order valence-corrected chi connectivity index (χ0v) is 10.3. The Labute approximate surface area is 104 Å². The summed E-state index contributed by atoms with van der Waals surface area (Å²) in [6.07, 6.45) is 1.73. The summed E-state index contributed by atoms with van der Waals surface area (Å²) in [4.78, 5) is 5.04. The molecule has 0 unspecified atom stereocenters. The topological polar surface area (TPSA) is 38.9 Å². The van der Waals surface area contributed by atoms with Crippen LogP contribution in [0.1, 0.15) is 11.1 Å². The molecule has 0 spiro atoms. The van der Waals surface area contributed by atoms with Crippen LogP contribution in [0, 0.1) is 12.7 Å². The third-order valence-electron chi connectivity index (χ3n) is 2.46. The summed E-state index contributed by atoms with van der Waals surface area (Å²) >= 11 is 1.62. The van der Waals surface area contributed by atoms with Crippen molar-refractivity contribution >= 4 is 17.6 Å². The summed E-state index contributed by atoms with van der Waals surface area (Å²) in [6, 6.07) is 8.54. The van der Waals surface area contributed by atoms with Crippen molar-refractivity contribution in [3.05, 3.63) is 53.5 Å². The molecule has 0 saturated carbocycles. The summed E-state index contributed by atoms with van der Waals surface area (Å²) in [6.45, 7) is 1.98. The van der Waals surface area contributed by atoms with Crippen molar-refractivity contribution in [2.75, 3.05) is 5.73 Å². The van der Waals surface area contributed by atoms with Crippen molar-refractivity contribution in [2.24, 2.45) is 0 Å². The van der Waals surface area contributed by atoms with Gasteiger partial charge in [-0.25, -0.2) is 9.37 Å². The minimum absolute atomic E-state index is 0.193. The van der Waals surface area contributed by atoms with E-state index in [0.717, 1.165) is 21.8 Å². The van der Waals surface area contributed by atoms with Gasteiger partial charge < -0.3 is 5.73 Å². The Bertz CT molecular complexity index is 511. The van der Waals surface area contributed by atoms with Crippen LogP contribution in [0.2, 0.25) is 0 Å². The molecule has 4 heteroatoms. The number of benzene rings is 1. The number of hydrogen-bond donors (Lipinski definition) is 1. The fourth-order valence-corrected chi connectivity index (χ4v) is 2.36. The largest absolute Gasteiger partial charge is 0.384 e. The van der Waals surface area contributed by atoms with Crippen LogP contribution >= 0.6 is 11.8 Å². The maximum Gasteiger partial charge on any atom is 0.123 e. The van der Waals surface area contributed by atoms with Gasteiger partial charge >= 0.3 is 0 Å². The van der Waals surface area contributed by atoms with Crippen molar-refractivity contribution in [3.8, 4) is 0 Å². The molecule has 88 valence electrons. The van der Waals surface area contributed by atoms with Gasteiger partial charge in [0.1, 0.15) is 11.6 Å². The Kier molecular flexibility index (Phi) is 3.64. The lowest BCUT2D eigenvalue weighted by Crippen LogP contribution is -1.90. The molecule has 0 aliphatic carbocycles. The molecule has 1 aromatic carbocycles. The smallest absolute Gasteiger partial charge is 0.123 e. The third kappa shape index (κ3) is 3.20. The van der Waals surface area contributed by atoms with Gasteiger partial charge in [-0.05, 0) is 42.3 Å². The first-order chi connectivity index (χ1) is 8.15. The van der Waals surface area contributed by atoms with E-state index in [-0.39, 0.29) is 5.82 Å². The second-order valence-electron chi connectivity index (χ2n) is 3.78. The number of nitrogens with zero attached hydrogens (tertiary/aromatic N) is 1. The molecule has 0 saturated heterocycles. The lowest BCUT2D eigenvalue weighted by Gasteiger charge is -2.05. The molecule has 2 N–H and O–H groups in total. The Balaban J connectivity index is 2.07. The molecule has 0 bridgehead atoms. The highest BCUT2D eigenvalue weighted by Gasteiger charge is 2.02. The Hall–Kier alpha value is -1.55. The molecule has 0 aliphatic heterocycles. The molecule has 2 nitrogen and oxygen atoms in total. The Morgan fingerprint density at radius 1 is 1.29 bits per heavy atom. The van der Waals surface area contributed by atoms with Crippen LogP contribution in [0.4, 0.5) is 10.2 Å². The molecule has 0 atom stereocenters. The number of halogens is 1. The van der Waals surface area contributed by atoms with Crippen molar-refractivity contribution in [1.82, 2.24) is 4.98 Å². The Morgan fingerprint density at radius 3 is 2.82 bits per heavy atom. The van der Waals surface area contributed by atoms with Crippen molar-refractivity contribution < 1.29 is 4.39 Å². The predicted octanol–water partition coefficient (Wildman–Crippen LogP) is 3.40. The summed E-state index contributed by atoms with van der Waals surface area (Å²) in [7, 11) is 0. The SMILES string of the molecule is Cc1ccc(F)cc1CSc1ccc(N)nc1. The average Bonchev–Trinajstić information content (AvgIpc) is 2.32. The van der Waals surface area contributed by atoms with Gasteiger partial charge in [0.25, 0.3) is 0 Å². The normalized spacial score (nSPS) is 10.5. The standard InChI is InChI=1S/C13H13FN2S/c1-9-2-3-11(14)6-10(9)8-17-12-4-5-13(15)16-7-12/h2-7H,8H2,1H3,(H2,15,16). The van der Waals surface area contributed by atoms with Crippen LogP contribution in [-0.4, -0.2) is 4.98 Å². The van der Waals surface area contributed by atoms with E-state index in [9.17, 15) is 4.39 Å². The number of aryl methyl sites for hydroxylation is 1. The molecule has 17 heavy (non-hydrogen) atoms. The molecule has 0 radical (unpaired) electrons. The quantitative estimate of drug-likeness (QED) is 0.846. The predicted molar refractivity (Wildman–Crippen MR) is 69.3 cm³/mol. The first-order valence-electron chi connectivity index (χ1n) is 5.24. The number of anilines is 1. The van der Waals surface area contributed by atoms with Crippen LogP contribution in [0.15, 0.2) is 41.4 Å². The lowest BCUT2D eigenvalue weighted by atomic mass is 10.1. The van der Waals surface area contributed by atoms with E-state index < -0.39 is 0 Å². The first kappa shape index (κ1) is 11.9. The highest BCUT2D eigenvalue weighted by atomic mass is 32.2. The van der Waals surface area contributed by atoms with E-state index in [4.69, 9.17) is 5.73 Å². The van der Waals surface area contributed by atoms with E-state index in [1.165, 1.54) is 6.07 Å². The van der Waals surface area contributed by atoms with Gasteiger partial charge in [-0.1, -0.05) is 6.07 Å². The molecular formula is C13H13FN2S. The summed E-state index contributed by atoms with van der Waals surface area (Å²) < 4.78 is 13.1. The summed E-state index contributed by atoms with van der Waals surface area (Å²) in [5.41, 5.74) is 7.61. The number of aromatic nitrogens is 1. The van der Waals surface area contributed by atoms with Gasteiger partial charge in [0.05, 0.1) is 0 Å². The number of nitrogen functional groups attached to an aromatic ring is 1. The van der Waals surface area contributed by atoms with E-state index in [1.54, 1.807) is 36.2 Å². The molecule has 0 aliphatic rings. The van der Waals surface area contributed by atoms with Crippen LogP contribution < -0.4 is 5.73 Å². The highest BCUT2D eigenvalue weighted by Crippen LogP contribution is 2.24. The second kappa shape index (κ2) is 5.19. The minimum Gasteiger partial charge on any atom is -0.384 e. The lowest BCUT2D eigenvalue weighted by molar-refractivity contribution is 0.626. The van der Waals surface area contributed by atoms with Gasteiger partial charge in [-0.15, -0.1) is 11.8 Å². The number of nitrogens with two attached hydrogens (primary N) is 1. The van der Waals surface area contributed by atoms with Crippen molar-refractivity contribution in [1.29, 1.82) is 0 Å². The van der Waals surface area contributed by atoms with Crippen LogP contribution in [0.3, 0.4) is 0 Å². The fraction of sp³-hybridized carbons (Fsp3) is 0.154. The summed E-state index contributed by atoms with van der Waals surface area (Å²) in [5.74, 6) is 1.05. The minimum atomic E-state index is -0.193. The Morgan fingerprint density at radius 2 is 2.12 bits per heavy atom. The first-order valence-corrected chi connectivity index (χ1v) is 6.23. The van der Waals surface area contributed by atoms with E-state index in [1.807, 2.05) is 13.0 Å². The van der Waals surface area contributed by atoms with Gasteiger partial charge in [0.2, 0.25) is 0 Å². The fourth-order valence-electron chi connectivity index (χ4n) is 1.43. The van der Waals surface area contributed by atoms with Crippen LogP contribution in [0.5, 0.6) is 0 Å². The van der Waals surface area contributed by atoms with Gasteiger partial charge in [-0.3, -0.25) is 0 Å². The van der Waals surface area contributed by atoms with Gasteiger partial charge in [0.15, 0.2) is 0 Å². The number of pyridine rings is 1. The van der Waals surface area contributed by atoms with Crippen LogP contribution in [-0.2, 0) is 5.75 Å². The van der Waals surface area contributed by atoms with Crippen LogP contribution in [0.25, 0.3) is 0 Å².